The minimum absolute atomic E-state index is 0.232. The Morgan fingerprint density at radius 3 is 2.39 bits per heavy atom. The Bertz CT molecular complexity index is 397. The number of methoxy groups -OCH3 is 2. The third kappa shape index (κ3) is 2.51. The molecule has 0 N–H and O–H groups in total. The lowest BCUT2D eigenvalue weighted by molar-refractivity contribution is 0.309. The van der Waals surface area contributed by atoms with Gasteiger partial charge in [0.15, 0.2) is 0 Å². The van der Waals surface area contributed by atoms with Gasteiger partial charge in [0.25, 0.3) is 0 Å². The van der Waals surface area contributed by atoms with Gasteiger partial charge in [0.1, 0.15) is 11.5 Å². The summed E-state index contributed by atoms with van der Waals surface area (Å²) < 4.78 is 10.8. The van der Waals surface area contributed by atoms with Crippen LogP contribution in [0.3, 0.4) is 0 Å². The highest BCUT2D eigenvalue weighted by Crippen LogP contribution is 2.45. The molecule has 0 bridgehead atoms. The molecule has 1 saturated carbocycles. The van der Waals surface area contributed by atoms with Crippen LogP contribution in [0.1, 0.15) is 37.7 Å². The van der Waals surface area contributed by atoms with Crippen LogP contribution in [0.4, 0.5) is 0 Å². The molecule has 3 heteroatoms. The molecule has 100 valence electrons. The lowest BCUT2D eigenvalue weighted by Gasteiger charge is -2.37. The normalized spacial score (nSPS) is 18.4. The molecule has 0 saturated heterocycles. The molecule has 18 heavy (non-hydrogen) atoms. The molecule has 2 rings (SSSR count). The first-order valence-electron chi connectivity index (χ1n) is 6.54. The van der Waals surface area contributed by atoms with Crippen molar-refractivity contribution in [2.24, 2.45) is 0 Å². The van der Waals surface area contributed by atoms with E-state index in [0.29, 0.717) is 0 Å². The molecule has 0 heterocycles. The SMILES string of the molecule is COc1ccc(C2(CBr)CCCCC2)c(OC)c1. The van der Waals surface area contributed by atoms with Crippen molar-refractivity contribution in [1.29, 1.82) is 0 Å². The predicted molar refractivity (Wildman–Crippen MR) is 78.1 cm³/mol. The molecular weight excluding hydrogens is 292 g/mol. The number of ether oxygens (including phenoxy) is 2. The van der Waals surface area contributed by atoms with Gasteiger partial charge in [0, 0.05) is 22.4 Å². The fourth-order valence-corrected chi connectivity index (χ4v) is 3.80. The molecule has 1 aromatic carbocycles. The van der Waals surface area contributed by atoms with Gasteiger partial charge in [-0.15, -0.1) is 0 Å². The second-order valence-corrected chi connectivity index (χ2v) is 5.60. The molecule has 2 nitrogen and oxygen atoms in total. The van der Waals surface area contributed by atoms with Gasteiger partial charge in [-0.25, -0.2) is 0 Å². The topological polar surface area (TPSA) is 18.5 Å². The molecule has 1 aliphatic rings. The Labute approximate surface area is 118 Å². The molecule has 0 aromatic heterocycles. The zero-order valence-electron chi connectivity index (χ0n) is 11.2. The summed E-state index contributed by atoms with van der Waals surface area (Å²) in [5, 5.41) is 1.00. The summed E-state index contributed by atoms with van der Waals surface area (Å²) in [5.41, 5.74) is 1.55. The van der Waals surface area contributed by atoms with E-state index < -0.39 is 0 Å². The van der Waals surface area contributed by atoms with E-state index in [1.165, 1.54) is 37.7 Å². The van der Waals surface area contributed by atoms with Crippen molar-refractivity contribution < 1.29 is 9.47 Å². The van der Waals surface area contributed by atoms with E-state index in [1.54, 1.807) is 14.2 Å². The van der Waals surface area contributed by atoms with Crippen molar-refractivity contribution in [2.45, 2.75) is 37.5 Å². The zero-order chi connectivity index (χ0) is 13.0. The van der Waals surface area contributed by atoms with Crippen LogP contribution in [0.15, 0.2) is 18.2 Å². The summed E-state index contributed by atoms with van der Waals surface area (Å²) in [6.07, 6.45) is 6.44. The number of alkyl halides is 1. The monoisotopic (exact) mass is 312 g/mol. The molecule has 0 aliphatic heterocycles. The lowest BCUT2D eigenvalue weighted by atomic mass is 9.70. The summed E-state index contributed by atoms with van der Waals surface area (Å²) in [6, 6.07) is 6.20. The number of hydrogen-bond acceptors (Lipinski definition) is 2. The summed E-state index contributed by atoms with van der Waals surface area (Å²) in [6.45, 7) is 0. The van der Waals surface area contributed by atoms with Crippen LogP contribution >= 0.6 is 15.9 Å². The van der Waals surface area contributed by atoms with Gasteiger partial charge in [0.05, 0.1) is 14.2 Å². The standard InChI is InChI=1S/C15H21BrO2/c1-17-12-6-7-13(14(10-12)18-2)15(11-16)8-4-3-5-9-15/h6-7,10H,3-5,8-9,11H2,1-2H3. The Kier molecular flexibility index (Phi) is 4.55. The molecule has 0 atom stereocenters. The molecule has 0 amide bonds. The first-order chi connectivity index (χ1) is 8.75. The number of halogens is 1. The van der Waals surface area contributed by atoms with Crippen molar-refractivity contribution >= 4 is 15.9 Å². The molecule has 1 aliphatic carbocycles. The summed E-state index contributed by atoms with van der Waals surface area (Å²) >= 11 is 3.72. The van der Waals surface area contributed by atoms with Gasteiger partial charge in [0.2, 0.25) is 0 Å². The first-order valence-corrected chi connectivity index (χ1v) is 7.66. The Morgan fingerprint density at radius 2 is 1.83 bits per heavy atom. The van der Waals surface area contributed by atoms with Crippen LogP contribution in [0.2, 0.25) is 0 Å². The van der Waals surface area contributed by atoms with Crippen molar-refractivity contribution in [2.75, 3.05) is 19.5 Å². The second-order valence-electron chi connectivity index (χ2n) is 5.04. The number of rotatable bonds is 4. The van der Waals surface area contributed by atoms with E-state index >= 15 is 0 Å². The van der Waals surface area contributed by atoms with E-state index in [2.05, 4.69) is 22.0 Å². The van der Waals surface area contributed by atoms with Gasteiger partial charge in [-0.2, -0.15) is 0 Å². The minimum Gasteiger partial charge on any atom is -0.497 e. The quantitative estimate of drug-likeness (QED) is 0.772. The van der Waals surface area contributed by atoms with Crippen LogP contribution in [0, 0.1) is 0 Å². The maximum atomic E-state index is 5.57. The summed E-state index contributed by atoms with van der Waals surface area (Å²) in [7, 11) is 3.43. The molecule has 0 radical (unpaired) electrons. The van der Waals surface area contributed by atoms with Gasteiger partial charge < -0.3 is 9.47 Å². The van der Waals surface area contributed by atoms with Crippen LogP contribution in [0.25, 0.3) is 0 Å². The van der Waals surface area contributed by atoms with Gasteiger partial charge >= 0.3 is 0 Å². The van der Waals surface area contributed by atoms with Gasteiger partial charge in [-0.1, -0.05) is 41.3 Å². The molecule has 1 fully saturated rings. The maximum Gasteiger partial charge on any atom is 0.126 e. The van der Waals surface area contributed by atoms with Crippen LogP contribution in [-0.4, -0.2) is 19.5 Å². The van der Waals surface area contributed by atoms with Crippen molar-refractivity contribution in [1.82, 2.24) is 0 Å². The van der Waals surface area contributed by atoms with Crippen LogP contribution < -0.4 is 9.47 Å². The van der Waals surface area contributed by atoms with Crippen LogP contribution in [-0.2, 0) is 5.41 Å². The fraction of sp³-hybridized carbons (Fsp3) is 0.600. The highest BCUT2D eigenvalue weighted by Gasteiger charge is 2.35. The van der Waals surface area contributed by atoms with Crippen molar-refractivity contribution in [3.05, 3.63) is 23.8 Å². The minimum atomic E-state index is 0.232. The number of benzene rings is 1. The Hall–Kier alpha value is -0.700. The van der Waals surface area contributed by atoms with E-state index in [9.17, 15) is 0 Å². The molecular formula is C15H21BrO2. The average molecular weight is 313 g/mol. The maximum absolute atomic E-state index is 5.57. The van der Waals surface area contributed by atoms with Gasteiger partial charge in [-0.05, 0) is 18.9 Å². The highest BCUT2D eigenvalue weighted by atomic mass is 79.9. The third-order valence-corrected chi connectivity index (χ3v) is 5.12. The van der Waals surface area contributed by atoms with Gasteiger partial charge in [-0.3, -0.25) is 0 Å². The molecule has 1 aromatic rings. The Balaban J connectivity index is 2.40. The van der Waals surface area contributed by atoms with Crippen molar-refractivity contribution in [3.8, 4) is 11.5 Å². The Morgan fingerprint density at radius 1 is 1.11 bits per heavy atom. The summed E-state index contributed by atoms with van der Waals surface area (Å²) in [5.74, 6) is 1.81. The molecule has 0 unspecified atom stereocenters. The molecule has 0 spiro atoms. The summed E-state index contributed by atoms with van der Waals surface area (Å²) in [4.78, 5) is 0. The average Bonchev–Trinajstić information content (AvgIpc) is 2.47. The second kappa shape index (κ2) is 5.96. The largest absolute Gasteiger partial charge is 0.497 e. The highest BCUT2D eigenvalue weighted by molar-refractivity contribution is 9.09. The lowest BCUT2D eigenvalue weighted by Crippen LogP contribution is -2.31. The third-order valence-electron chi connectivity index (χ3n) is 4.05. The predicted octanol–water partition coefficient (Wildman–Crippen LogP) is 4.30. The fourth-order valence-electron chi connectivity index (χ4n) is 2.94. The van der Waals surface area contributed by atoms with E-state index in [1.807, 2.05) is 12.1 Å². The van der Waals surface area contributed by atoms with E-state index in [0.717, 1.165) is 16.8 Å². The van der Waals surface area contributed by atoms with E-state index in [4.69, 9.17) is 9.47 Å². The smallest absolute Gasteiger partial charge is 0.126 e. The van der Waals surface area contributed by atoms with E-state index in [-0.39, 0.29) is 5.41 Å². The zero-order valence-corrected chi connectivity index (χ0v) is 12.8. The number of hydrogen-bond donors (Lipinski definition) is 0. The first kappa shape index (κ1) is 13.7. The van der Waals surface area contributed by atoms with Crippen LogP contribution in [0.5, 0.6) is 11.5 Å². The van der Waals surface area contributed by atoms with Crippen molar-refractivity contribution in [3.63, 3.8) is 0 Å².